The van der Waals surface area contributed by atoms with Gasteiger partial charge in [0.25, 0.3) is 0 Å². The average Bonchev–Trinajstić information content (AvgIpc) is 1.70. The van der Waals surface area contributed by atoms with Crippen LogP contribution in [0, 0.1) is 13.8 Å². The molecule has 0 spiro atoms. The average molecular weight is 1450 g/mol. The van der Waals surface area contributed by atoms with E-state index < -0.39 is 48.0 Å². The molecule has 0 aliphatic carbocycles. The van der Waals surface area contributed by atoms with Crippen LogP contribution in [0.1, 0.15) is 163 Å². The molecular formula is C63H78N14O12S7. The van der Waals surface area contributed by atoms with E-state index in [0.717, 1.165) is 51.7 Å². The predicted octanol–water partition coefficient (Wildman–Crippen LogP) is 16.7. The highest BCUT2D eigenvalue weighted by Gasteiger charge is 2.29. The largest absolute Gasteiger partial charge is 0.465 e. The minimum absolute atomic E-state index is 0.129. The molecule has 26 nitrogen and oxygen atoms in total. The van der Waals surface area contributed by atoms with Crippen LogP contribution in [0.5, 0.6) is 0 Å². The van der Waals surface area contributed by atoms with Gasteiger partial charge in [0.15, 0.2) is 5.13 Å². The van der Waals surface area contributed by atoms with Crippen LogP contribution in [0.15, 0.2) is 60.9 Å². The van der Waals surface area contributed by atoms with Crippen molar-refractivity contribution in [2.75, 3.05) is 71.0 Å². The molecule has 0 saturated heterocycles. The summed E-state index contributed by atoms with van der Waals surface area (Å²) in [4.78, 5) is 110. The van der Waals surface area contributed by atoms with Gasteiger partial charge in [0.05, 0.1) is 51.2 Å². The van der Waals surface area contributed by atoms with E-state index in [-0.39, 0.29) is 21.7 Å². The number of nitrogens with zero attached hydrogens (tertiary/aromatic N) is 5. The summed E-state index contributed by atoms with van der Waals surface area (Å²) in [5.41, 5.74) is 2.86. The highest BCUT2D eigenvalue weighted by Crippen LogP contribution is 2.40. The number of methoxy groups -OCH3 is 4. The molecule has 8 heterocycles. The van der Waals surface area contributed by atoms with Gasteiger partial charge in [-0.3, -0.25) is 16.0 Å². The first-order valence-electron chi connectivity index (χ1n) is 29.3. The summed E-state index contributed by atoms with van der Waals surface area (Å²) < 4.78 is 19.2. The molecule has 0 saturated carbocycles. The zero-order valence-electron chi connectivity index (χ0n) is 56.5. The second-order valence-corrected chi connectivity index (χ2v) is 32.4. The number of fused-ring (bicyclic) bond motifs is 1. The van der Waals surface area contributed by atoms with E-state index in [4.69, 9.17) is 18.9 Å². The Morgan fingerprint density at radius 3 is 1.11 bits per heavy atom. The lowest BCUT2D eigenvalue weighted by Crippen LogP contribution is -2.20. The van der Waals surface area contributed by atoms with Gasteiger partial charge in [-0.1, -0.05) is 113 Å². The number of hydrogen-bond donors (Lipinski definition) is 9. The van der Waals surface area contributed by atoms with E-state index in [0.29, 0.717) is 63.3 Å². The lowest BCUT2D eigenvalue weighted by Gasteiger charge is -2.15. The summed E-state index contributed by atoms with van der Waals surface area (Å²) in [7, 11) is 5.28. The number of aromatic nitrogens is 6. The lowest BCUT2D eigenvalue weighted by atomic mass is 9.94. The number of hydrogen-bond acceptors (Lipinski definition) is 24. The number of thiophene rings is 4. The fraction of sp³-hybridized carbons (Fsp3) is 0.381. The number of anilines is 8. The van der Waals surface area contributed by atoms with E-state index in [9.17, 15) is 38.4 Å². The number of aryl methyl sites for hydroxylation is 3. The number of esters is 4. The Balaban J connectivity index is 0.000000203. The SMILES string of the molecule is CCc1nnc(NC(=O)Nc2cc(C(C)(C)C)sc2C(=O)OC)s1.COC(=O)c1sc(C(C)(C)C)cc1NC(=O)Nc1ccc2[nH]ccc2c1.COC(=O)c1sc(C(C)(C)C)cc1NC(=O)Nc1ncc(C)s1.COC(=O)c1sc(C(C)(C)C)cc1NC(=O)Nc1nnc(C)s1. The first-order chi connectivity index (χ1) is 44.9. The third-order valence-corrected chi connectivity index (χ3v) is 21.5. The second-order valence-electron chi connectivity index (χ2n) is 24.7. The molecule has 8 amide bonds. The molecule has 9 N–H and O–H groups in total. The number of aromatic amines is 1. The summed E-state index contributed by atoms with van der Waals surface area (Å²) in [6.45, 7) is 30.2. The molecule has 9 aromatic rings. The van der Waals surface area contributed by atoms with Crippen molar-refractivity contribution in [1.29, 1.82) is 0 Å². The van der Waals surface area contributed by atoms with Gasteiger partial charge < -0.3 is 50.5 Å². The minimum Gasteiger partial charge on any atom is -0.465 e. The van der Waals surface area contributed by atoms with E-state index in [2.05, 4.69) is 93.7 Å². The first kappa shape index (κ1) is 76.3. The molecule has 9 rings (SSSR count). The van der Waals surface area contributed by atoms with Crippen molar-refractivity contribution in [2.45, 2.75) is 132 Å². The molecule has 0 fully saturated rings. The minimum atomic E-state index is -0.482. The van der Waals surface area contributed by atoms with E-state index in [1.54, 1.807) is 25.3 Å². The summed E-state index contributed by atoms with van der Waals surface area (Å²) in [5, 5.41) is 40.9. The van der Waals surface area contributed by atoms with Crippen LogP contribution >= 0.6 is 79.4 Å². The zero-order valence-corrected chi connectivity index (χ0v) is 62.2. The fourth-order valence-corrected chi connectivity index (χ4v) is 14.0. The molecule has 514 valence electrons. The third kappa shape index (κ3) is 21.6. The molecule has 0 aliphatic heterocycles. The monoisotopic (exact) mass is 1450 g/mol. The van der Waals surface area contributed by atoms with Gasteiger partial charge >= 0.3 is 48.0 Å². The van der Waals surface area contributed by atoms with Crippen molar-refractivity contribution in [3.8, 4) is 0 Å². The number of rotatable bonds is 13. The molecule has 0 bridgehead atoms. The summed E-state index contributed by atoms with van der Waals surface area (Å²) in [5.74, 6) is -1.89. The molecule has 0 atom stereocenters. The molecule has 1 aromatic carbocycles. The van der Waals surface area contributed by atoms with Crippen molar-refractivity contribution in [1.82, 2.24) is 30.4 Å². The number of urea groups is 4. The fourth-order valence-electron chi connectivity index (χ4n) is 7.77. The van der Waals surface area contributed by atoms with Crippen LogP contribution in [0.2, 0.25) is 0 Å². The van der Waals surface area contributed by atoms with Crippen molar-refractivity contribution in [2.24, 2.45) is 0 Å². The van der Waals surface area contributed by atoms with Crippen LogP contribution in [-0.2, 0) is 47.0 Å². The van der Waals surface area contributed by atoms with Crippen LogP contribution in [0.25, 0.3) is 10.9 Å². The van der Waals surface area contributed by atoms with E-state index in [1.807, 2.05) is 119 Å². The van der Waals surface area contributed by atoms with Crippen molar-refractivity contribution >= 4 is 182 Å². The number of benzene rings is 1. The molecule has 33 heteroatoms. The number of thiazole rings is 1. The van der Waals surface area contributed by atoms with Gasteiger partial charge in [-0.2, -0.15) is 0 Å². The van der Waals surface area contributed by atoms with Gasteiger partial charge in [-0.15, -0.1) is 77.1 Å². The van der Waals surface area contributed by atoms with Crippen LogP contribution in [-0.4, -0.2) is 107 Å². The van der Waals surface area contributed by atoms with Gasteiger partial charge in [-0.25, -0.2) is 43.3 Å². The first-order valence-corrected chi connectivity index (χ1v) is 35.0. The number of ether oxygens (including phenoxy) is 4. The van der Waals surface area contributed by atoms with E-state index in [1.165, 1.54) is 108 Å². The molecule has 0 radical (unpaired) electrons. The summed E-state index contributed by atoms with van der Waals surface area (Å²) in [6, 6.07) is 12.9. The van der Waals surface area contributed by atoms with Gasteiger partial charge in [0, 0.05) is 53.4 Å². The maximum atomic E-state index is 12.4. The molecule has 0 aliphatic rings. The van der Waals surface area contributed by atoms with Crippen molar-refractivity contribution < 1.29 is 57.3 Å². The summed E-state index contributed by atoms with van der Waals surface area (Å²) >= 11 is 9.23. The van der Waals surface area contributed by atoms with E-state index >= 15 is 0 Å². The third-order valence-electron chi connectivity index (χ3n) is 12.8. The standard InChI is InChI=1S/C19H21N3O3S.C15H20N4O3S2.C15H19N3O3S2.C14H18N4O3S2/c1-19(2,3)15-10-14(16(26-15)17(23)25-4)22-18(24)21-12-5-6-13-11(9-12)7-8-20-13;1-6-10-18-19-14(24-10)17-13(21)16-8-7-9(15(2,3)4)23-11(8)12(20)22-5;1-8-7-16-14(22-8)18-13(20)17-9-6-10(15(2,3)4)23-11(9)12(19)21-5;1-7-17-18-13(22-7)16-12(20)15-8-6-9(14(2,3)4)23-10(8)11(19)21-5/h5-10,20H,1-4H3,(H2,21,22,24);7H,6H2,1-5H3,(H2,16,17,19,21);6-7H,1-5H3,(H2,16,17,18,20);6H,1-5H3,(H2,15,16,18,20). The molecule has 8 aromatic heterocycles. The quantitative estimate of drug-likeness (QED) is 0.0382. The van der Waals surface area contributed by atoms with Gasteiger partial charge in [0.1, 0.15) is 29.5 Å². The zero-order chi connectivity index (χ0) is 71.2. The maximum absolute atomic E-state index is 12.4. The van der Waals surface area contributed by atoms with Crippen molar-refractivity contribution in [3.05, 3.63) is 115 Å². The highest BCUT2D eigenvalue weighted by molar-refractivity contribution is 7.17. The normalized spacial score (nSPS) is 11.2. The topological polar surface area (TPSA) is 350 Å². The second kappa shape index (κ2) is 32.8. The van der Waals surface area contributed by atoms with Crippen LogP contribution in [0.4, 0.5) is 63.0 Å². The Bertz CT molecular complexity index is 4110. The highest BCUT2D eigenvalue weighted by atomic mass is 32.1. The smallest absolute Gasteiger partial charge is 0.350 e. The summed E-state index contributed by atoms with van der Waals surface area (Å²) in [6.07, 6.45) is 4.28. The predicted molar refractivity (Wildman–Crippen MR) is 387 cm³/mol. The Kier molecular flexibility index (Phi) is 26.1. The maximum Gasteiger partial charge on any atom is 0.350 e. The number of amides is 8. The Morgan fingerprint density at radius 2 is 0.792 bits per heavy atom. The number of H-pyrrole nitrogens is 1. The molecular weight excluding hydrogens is 1370 g/mol. The van der Waals surface area contributed by atoms with Gasteiger partial charge in [0.2, 0.25) is 10.3 Å². The van der Waals surface area contributed by atoms with Crippen molar-refractivity contribution in [3.63, 3.8) is 0 Å². The number of nitrogens with one attached hydrogen (secondary N) is 9. The Morgan fingerprint density at radius 1 is 0.427 bits per heavy atom. The number of carbonyl (C=O) groups is 8. The number of carbonyl (C=O) groups excluding carboxylic acids is 8. The van der Waals surface area contributed by atoms with Crippen LogP contribution in [0.3, 0.4) is 0 Å². The van der Waals surface area contributed by atoms with Crippen LogP contribution < -0.4 is 42.5 Å². The molecule has 96 heavy (non-hydrogen) atoms. The van der Waals surface area contributed by atoms with Gasteiger partial charge in [-0.05, 0) is 90.5 Å². The Labute approximate surface area is 583 Å². The molecule has 0 unspecified atom stereocenters. The lowest BCUT2D eigenvalue weighted by molar-refractivity contribution is 0.0598. The Hall–Kier alpha value is -8.73.